The van der Waals surface area contributed by atoms with Crippen molar-refractivity contribution in [3.05, 3.63) is 28.7 Å². The van der Waals surface area contributed by atoms with Gasteiger partial charge in [-0.3, -0.25) is 4.79 Å². The van der Waals surface area contributed by atoms with E-state index >= 15 is 0 Å². The Morgan fingerprint density at radius 3 is 2.38 bits per heavy atom. The molecule has 0 spiro atoms. The summed E-state index contributed by atoms with van der Waals surface area (Å²) in [4.78, 5) is 21.3. The standard InChI is InChI=1S/C10H10BrNO4/c11-7-1-3-8(4-2-7)15-6-10(14)16-5-9(12)13/h1-4H,5-6H2,(H2,12,13). The highest BCUT2D eigenvalue weighted by Crippen LogP contribution is 2.15. The van der Waals surface area contributed by atoms with Crippen molar-refractivity contribution in [2.24, 2.45) is 5.73 Å². The smallest absolute Gasteiger partial charge is 0.344 e. The minimum atomic E-state index is -0.697. The first-order valence-corrected chi connectivity index (χ1v) is 5.19. The number of benzene rings is 1. The first-order chi connectivity index (χ1) is 7.58. The van der Waals surface area contributed by atoms with E-state index in [0.29, 0.717) is 5.75 Å². The van der Waals surface area contributed by atoms with Gasteiger partial charge in [-0.25, -0.2) is 4.79 Å². The molecule has 1 rings (SSSR count). The predicted molar refractivity (Wildman–Crippen MR) is 59.8 cm³/mol. The fourth-order valence-corrected chi connectivity index (χ4v) is 1.13. The molecule has 0 aliphatic heterocycles. The van der Waals surface area contributed by atoms with E-state index < -0.39 is 18.5 Å². The molecule has 86 valence electrons. The maximum atomic E-state index is 11.0. The fraction of sp³-hybridized carbons (Fsp3) is 0.200. The minimum Gasteiger partial charge on any atom is -0.482 e. The molecule has 0 atom stereocenters. The van der Waals surface area contributed by atoms with Gasteiger partial charge in [0, 0.05) is 4.47 Å². The molecule has 2 N–H and O–H groups in total. The van der Waals surface area contributed by atoms with Gasteiger partial charge in [0.2, 0.25) is 0 Å². The van der Waals surface area contributed by atoms with Crippen LogP contribution in [0.25, 0.3) is 0 Å². The average Bonchev–Trinajstić information content (AvgIpc) is 2.25. The third kappa shape index (κ3) is 4.79. The lowest BCUT2D eigenvalue weighted by molar-refractivity contribution is -0.149. The molecule has 0 aliphatic carbocycles. The Labute approximate surface area is 101 Å². The summed E-state index contributed by atoms with van der Waals surface area (Å²) in [5.74, 6) is -0.794. The molecule has 0 radical (unpaired) electrons. The second-order valence-corrected chi connectivity index (χ2v) is 3.79. The molecular formula is C10H10BrNO4. The zero-order chi connectivity index (χ0) is 12.0. The van der Waals surface area contributed by atoms with Crippen LogP contribution in [0.4, 0.5) is 0 Å². The molecule has 0 fully saturated rings. The molecule has 0 saturated carbocycles. The number of rotatable bonds is 5. The molecule has 1 amide bonds. The van der Waals surface area contributed by atoms with E-state index in [1.54, 1.807) is 24.3 Å². The largest absolute Gasteiger partial charge is 0.482 e. The molecule has 0 unspecified atom stereocenters. The van der Waals surface area contributed by atoms with Crippen LogP contribution in [0.15, 0.2) is 28.7 Å². The summed E-state index contributed by atoms with van der Waals surface area (Å²) in [5, 5.41) is 0. The minimum absolute atomic E-state index is 0.255. The van der Waals surface area contributed by atoms with Crippen LogP contribution in [0.5, 0.6) is 5.75 Å². The average molecular weight is 288 g/mol. The quantitative estimate of drug-likeness (QED) is 0.815. The topological polar surface area (TPSA) is 78.6 Å². The van der Waals surface area contributed by atoms with Gasteiger partial charge in [-0.1, -0.05) is 15.9 Å². The molecule has 1 aromatic carbocycles. The monoisotopic (exact) mass is 287 g/mol. The number of nitrogens with two attached hydrogens (primary N) is 1. The highest BCUT2D eigenvalue weighted by atomic mass is 79.9. The van der Waals surface area contributed by atoms with E-state index in [4.69, 9.17) is 10.5 Å². The Bertz CT molecular complexity index is 377. The van der Waals surface area contributed by atoms with Crippen LogP contribution in [-0.4, -0.2) is 25.1 Å². The number of hydrogen-bond acceptors (Lipinski definition) is 4. The highest BCUT2D eigenvalue weighted by Gasteiger charge is 2.05. The van der Waals surface area contributed by atoms with Gasteiger partial charge in [0.05, 0.1) is 0 Å². The number of carbonyl (C=O) groups excluding carboxylic acids is 2. The van der Waals surface area contributed by atoms with Crippen LogP contribution >= 0.6 is 15.9 Å². The number of esters is 1. The van der Waals surface area contributed by atoms with E-state index in [2.05, 4.69) is 20.7 Å². The van der Waals surface area contributed by atoms with E-state index in [1.165, 1.54) is 0 Å². The number of amides is 1. The summed E-state index contributed by atoms with van der Waals surface area (Å²) in [6.07, 6.45) is 0. The second kappa shape index (κ2) is 6.12. The highest BCUT2D eigenvalue weighted by molar-refractivity contribution is 9.10. The summed E-state index contributed by atoms with van der Waals surface area (Å²) < 4.78 is 10.5. The third-order valence-corrected chi connectivity index (χ3v) is 2.07. The number of primary amides is 1. The molecule has 0 bridgehead atoms. The first kappa shape index (κ1) is 12.5. The van der Waals surface area contributed by atoms with Gasteiger partial charge < -0.3 is 15.2 Å². The van der Waals surface area contributed by atoms with Crippen LogP contribution < -0.4 is 10.5 Å². The van der Waals surface area contributed by atoms with Crippen molar-refractivity contribution in [2.75, 3.05) is 13.2 Å². The molecule has 1 aromatic rings. The molecule has 5 nitrogen and oxygen atoms in total. The van der Waals surface area contributed by atoms with Crippen molar-refractivity contribution in [3.63, 3.8) is 0 Å². The van der Waals surface area contributed by atoms with Crippen molar-refractivity contribution in [3.8, 4) is 5.75 Å². The van der Waals surface area contributed by atoms with E-state index in [0.717, 1.165) is 4.47 Å². The summed E-state index contributed by atoms with van der Waals surface area (Å²) in [5.41, 5.74) is 4.80. The summed E-state index contributed by atoms with van der Waals surface area (Å²) in [6, 6.07) is 6.96. The Kier molecular flexibility index (Phi) is 4.78. The molecule has 16 heavy (non-hydrogen) atoms. The lowest BCUT2D eigenvalue weighted by atomic mass is 10.3. The van der Waals surface area contributed by atoms with Gasteiger partial charge in [0.1, 0.15) is 5.75 Å². The van der Waals surface area contributed by atoms with Gasteiger partial charge in [0.25, 0.3) is 5.91 Å². The Balaban J connectivity index is 2.31. The Morgan fingerprint density at radius 1 is 1.19 bits per heavy atom. The maximum Gasteiger partial charge on any atom is 0.344 e. The van der Waals surface area contributed by atoms with Gasteiger partial charge in [0.15, 0.2) is 13.2 Å². The van der Waals surface area contributed by atoms with Crippen LogP contribution in [0.3, 0.4) is 0 Å². The van der Waals surface area contributed by atoms with E-state index in [-0.39, 0.29) is 6.61 Å². The van der Waals surface area contributed by atoms with E-state index in [1.807, 2.05) is 0 Å². The molecule has 0 aromatic heterocycles. The SMILES string of the molecule is NC(=O)COC(=O)COc1ccc(Br)cc1. The summed E-state index contributed by atoms with van der Waals surface area (Å²) >= 11 is 3.27. The van der Waals surface area contributed by atoms with Crippen LogP contribution in [0.2, 0.25) is 0 Å². The predicted octanol–water partition coefficient (Wildman–Crippen LogP) is 0.856. The number of halogens is 1. The third-order valence-electron chi connectivity index (χ3n) is 1.55. The van der Waals surface area contributed by atoms with Gasteiger partial charge in [-0.15, -0.1) is 0 Å². The molecule has 0 heterocycles. The summed E-state index contributed by atoms with van der Waals surface area (Å²) in [7, 11) is 0. The van der Waals surface area contributed by atoms with Crippen molar-refractivity contribution in [1.82, 2.24) is 0 Å². The number of ether oxygens (including phenoxy) is 2. The number of carbonyl (C=O) groups is 2. The molecule has 6 heteroatoms. The number of hydrogen-bond donors (Lipinski definition) is 1. The van der Waals surface area contributed by atoms with Crippen molar-refractivity contribution in [2.45, 2.75) is 0 Å². The first-order valence-electron chi connectivity index (χ1n) is 4.40. The lowest BCUT2D eigenvalue weighted by Crippen LogP contribution is -2.23. The van der Waals surface area contributed by atoms with Crippen molar-refractivity contribution in [1.29, 1.82) is 0 Å². The van der Waals surface area contributed by atoms with Crippen molar-refractivity contribution < 1.29 is 19.1 Å². The molecule has 0 saturated heterocycles. The Hall–Kier alpha value is -1.56. The Morgan fingerprint density at radius 2 is 1.81 bits per heavy atom. The van der Waals surface area contributed by atoms with Gasteiger partial charge >= 0.3 is 5.97 Å². The van der Waals surface area contributed by atoms with Gasteiger partial charge in [-0.2, -0.15) is 0 Å². The fourth-order valence-electron chi connectivity index (χ4n) is 0.866. The van der Waals surface area contributed by atoms with E-state index in [9.17, 15) is 9.59 Å². The molecule has 0 aliphatic rings. The van der Waals surface area contributed by atoms with Gasteiger partial charge in [-0.05, 0) is 24.3 Å². The van der Waals surface area contributed by atoms with Crippen LogP contribution in [0, 0.1) is 0 Å². The van der Waals surface area contributed by atoms with Crippen molar-refractivity contribution >= 4 is 27.8 Å². The zero-order valence-corrected chi connectivity index (χ0v) is 9.90. The summed E-state index contributed by atoms with van der Waals surface area (Å²) in [6.45, 7) is -0.683. The van der Waals surface area contributed by atoms with Crippen LogP contribution in [-0.2, 0) is 14.3 Å². The normalized spacial score (nSPS) is 9.56. The van der Waals surface area contributed by atoms with Crippen LogP contribution in [0.1, 0.15) is 0 Å². The second-order valence-electron chi connectivity index (χ2n) is 2.87. The zero-order valence-electron chi connectivity index (χ0n) is 8.31. The maximum absolute atomic E-state index is 11.0. The molecular weight excluding hydrogens is 278 g/mol. The lowest BCUT2D eigenvalue weighted by Gasteiger charge is -2.05.